The molecule has 0 saturated heterocycles. The molecule has 84 valence electrons. The number of ether oxygens (including phenoxy) is 1. The normalized spacial score (nSPS) is 40.9. The van der Waals surface area contributed by atoms with Crippen LogP contribution in [-0.4, -0.2) is 23.6 Å². The minimum Gasteiger partial charge on any atom is -0.510 e. The fourth-order valence-corrected chi connectivity index (χ4v) is 3.12. The van der Waals surface area contributed by atoms with Crippen LogP contribution in [0.15, 0.2) is 10.8 Å². The van der Waals surface area contributed by atoms with Gasteiger partial charge in [0.05, 0.1) is 0 Å². The van der Waals surface area contributed by atoms with Gasteiger partial charge in [0, 0.05) is 13.0 Å². The summed E-state index contributed by atoms with van der Waals surface area (Å²) in [5, 5.41) is 9.84. The molecular weight excluding hydrogens is 216 g/mol. The average Bonchev–Trinajstić information content (AvgIpc) is 2.36. The van der Waals surface area contributed by atoms with Gasteiger partial charge in [0.2, 0.25) is 5.78 Å². The van der Waals surface area contributed by atoms with Gasteiger partial charge in [0.15, 0.2) is 0 Å². The van der Waals surface area contributed by atoms with Crippen LogP contribution in [0.4, 0.5) is 0 Å². The SMILES string of the molecule is CO[C@@]12CC[C@@H](C(O)=C(Cl)C1=O)C(C)C2. The molecule has 4 heteroatoms. The maximum Gasteiger partial charge on any atom is 0.209 e. The first kappa shape index (κ1) is 11.0. The number of fused-ring (bicyclic) bond motifs is 3. The maximum absolute atomic E-state index is 12.0. The molecule has 3 aliphatic rings. The standard InChI is InChI=1S/C11H15ClO3/c1-6-5-11(15-2)4-3-7(6)9(13)8(12)10(11)14/h6-7,13H,3-5H2,1-2H3/t6?,7-,11-/m1/s1. The Morgan fingerprint density at radius 2 is 2.27 bits per heavy atom. The van der Waals surface area contributed by atoms with Crippen LogP contribution in [0.25, 0.3) is 0 Å². The molecule has 2 bridgehead atoms. The van der Waals surface area contributed by atoms with E-state index >= 15 is 0 Å². The van der Waals surface area contributed by atoms with Gasteiger partial charge in [0.1, 0.15) is 16.4 Å². The predicted octanol–water partition coefficient (Wildman–Crippen LogP) is 2.40. The van der Waals surface area contributed by atoms with E-state index in [2.05, 4.69) is 0 Å². The van der Waals surface area contributed by atoms with Crippen molar-refractivity contribution in [3.8, 4) is 0 Å². The van der Waals surface area contributed by atoms with E-state index < -0.39 is 5.60 Å². The number of aliphatic hydroxyl groups excluding tert-OH is 1. The summed E-state index contributed by atoms with van der Waals surface area (Å²) < 4.78 is 5.37. The molecule has 0 radical (unpaired) electrons. The molecule has 15 heavy (non-hydrogen) atoms. The van der Waals surface area contributed by atoms with Gasteiger partial charge in [-0.1, -0.05) is 18.5 Å². The molecule has 1 N–H and O–H groups in total. The second-order valence-corrected chi connectivity index (χ2v) is 4.93. The van der Waals surface area contributed by atoms with Crippen LogP contribution >= 0.6 is 11.6 Å². The highest BCUT2D eigenvalue weighted by Gasteiger charge is 2.51. The van der Waals surface area contributed by atoms with Crippen molar-refractivity contribution in [1.82, 2.24) is 0 Å². The van der Waals surface area contributed by atoms with Crippen molar-refractivity contribution in [3.05, 3.63) is 10.8 Å². The molecule has 1 fully saturated rings. The minimum absolute atomic E-state index is 0.0206. The van der Waals surface area contributed by atoms with Crippen LogP contribution in [0.3, 0.4) is 0 Å². The number of ketones is 1. The number of rotatable bonds is 1. The Hall–Kier alpha value is -0.540. The Bertz CT molecular complexity index is 337. The smallest absolute Gasteiger partial charge is 0.209 e. The summed E-state index contributed by atoms with van der Waals surface area (Å²) in [7, 11) is 1.54. The first-order chi connectivity index (χ1) is 7.02. The molecule has 0 aromatic carbocycles. The molecular formula is C11H15ClO3. The van der Waals surface area contributed by atoms with E-state index in [-0.39, 0.29) is 28.4 Å². The number of carbonyl (C=O) groups is 1. The molecule has 0 heterocycles. The lowest BCUT2D eigenvalue weighted by Gasteiger charge is -2.37. The van der Waals surface area contributed by atoms with Gasteiger partial charge in [-0.2, -0.15) is 0 Å². The first-order valence-electron chi connectivity index (χ1n) is 5.20. The number of carbonyl (C=O) groups excluding carboxylic acids is 1. The van der Waals surface area contributed by atoms with Crippen molar-refractivity contribution >= 4 is 17.4 Å². The zero-order valence-electron chi connectivity index (χ0n) is 8.92. The van der Waals surface area contributed by atoms with Crippen molar-refractivity contribution < 1.29 is 14.6 Å². The zero-order valence-corrected chi connectivity index (χ0v) is 9.67. The number of hydrogen-bond acceptors (Lipinski definition) is 3. The fraction of sp³-hybridized carbons (Fsp3) is 0.727. The summed E-state index contributed by atoms with van der Waals surface area (Å²) >= 11 is 5.89. The van der Waals surface area contributed by atoms with E-state index in [9.17, 15) is 9.90 Å². The Morgan fingerprint density at radius 1 is 1.60 bits per heavy atom. The summed E-state index contributed by atoms with van der Waals surface area (Å²) in [5.74, 6) is 0.0627. The molecule has 0 amide bonds. The Morgan fingerprint density at radius 3 is 2.80 bits per heavy atom. The van der Waals surface area contributed by atoms with Gasteiger partial charge in [-0.05, 0) is 25.2 Å². The van der Waals surface area contributed by atoms with Crippen molar-refractivity contribution in [2.45, 2.75) is 31.8 Å². The second kappa shape index (κ2) is 3.49. The number of methoxy groups -OCH3 is 1. The number of allylic oxidation sites excluding steroid dienone is 1. The van der Waals surface area contributed by atoms with Crippen molar-refractivity contribution in [2.75, 3.05) is 7.11 Å². The summed E-state index contributed by atoms with van der Waals surface area (Å²) in [5.41, 5.74) is -0.794. The van der Waals surface area contributed by atoms with Crippen molar-refractivity contribution in [2.24, 2.45) is 11.8 Å². The molecule has 3 nitrogen and oxygen atoms in total. The van der Waals surface area contributed by atoms with E-state index in [4.69, 9.17) is 16.3 Å². The minimum atomic E-state index is -0.794. The summed E-state index contributed by atoms with van der Waals surface area (Å²) in [4.78, 5) is 12.0. The third-order valence-corrected chi connectivity index (χ3v) is 4.14. The quantitative estimate of drug-likeness (QED) is 0.753. The van der Waals surface area contributed by atoms with Gasteiger partial charge < -0.3 is 9.84 Å². The molecule has 0 spiro atoms. The lowest BCUT2D eigenvalue weighted by atomic mass is 9.73. The van der Waals surface area contributed by atoms with E-state index in [0.29, 0.717) is 12.8 Å². The van der Waals surface area contributed by atoms with Crippen molar-refractivity contribution in [1.29, 1.82) is 0 Å². The highest BCUT2D eigenvalue weighted by atomic mass is 35.5. The van der Waals surface area contributed by atoms with Crippen LogP contribution in [0.5, 0.6) is 0 Å². The fourth-order valence-electron chi connectivity index (χ4n) is 2.81. The second-order valence-electron chi connectivity index (χ2n) is 4.55. The molecule has 0 aromatic rings. The lowest BCUT2D eigenvalue weighted by Crippen LogP contribution is -2.44. The Labute approximate surface area is 94.1 Å². The van der Waals surface area contributed by atoms with E-state index in [1.54, 1.807) is 0 Å². The highest BCUT2D eigenvalue weighted by molar-refractivity contribution is 6.44. The van der Waals surface area contributed by atoms with E-state index in [1.807, 2.05) is 6.92 Å². The summed E-state index contributed by atoms with van der Waals surface area (Å²) in [6.07, 6.45) is 2.06. The van der Waals surface area contributed by atoms with Crippen LogP contribution in [0, 0.1) is 11.8 Å². The molecule has 3 atom stereocenters. The molecule has 3 rings (SSSR count). The average molecular weight is 231 g/mol. The number of aliphatic hydroxyl groups is 1. The highest BCUT2D eigenvalue weighted by Crippen LogP contribution is 2.47. The molecule has 3 aliphatic carbocycles. The summed E-state index contributed by atoms with van der Waals surface area (Å²) in [6, 6.07) is 0. The van der Waals surface area contributed by atoms with Crippen LogP contribution in [-0.2, 0) is 9.53 Å². The van der Waals surface area contributed by atoms with Crippen molar-refractivity contribution in [3.63, 3.8) is 0 Å². The zero-order chi connectivity index (χ0) is 11.2. The van der Waals surface area contributed by atoms with Crippen LogP contribution in [0.1, 0.15) is 26.2 Å². The number of hydrogen-bond donors (Lipinski definition) is 1. The lowest BCUT2D eigenvalue weighted by molar-refractivity contribution is -0.142. The van der Waals surface area contributed by atoms with Gasteiger partial charge in [-0.3, -0.25) is 4.79 Å². The van der Waals surface area contributed by atoms with Gasteiger partial charge in [0.25, 0.3) is 0 Å². The molecule has 0 aliphatic heterocycles. The maximum atomic E-state index is 12.0. The van der Waals surface area contributed by atoms with Gasteiger partial charge >= 0.3 is 0 Å². The molecule has 1 saturated carbocycles. The topological polar surface area (TPSA) is 46.5 Å². The van der Waals surface area contributed by atoms with Gasteiger partial charge in [-0.25, -0.2) is 0 Å². The largest absolute Gasteiger partial charge is 0.510 e. The molecule has 1 unspecified atom stereocenters. The van der Waals surface area contributed by atoms with Crippen LogP contribution in [0.2, 0.25) is 0 Å². The van der Waals surface area contributed by atoms with E-state index in [0.717, 1.165) is 6.42 Å². The third-order valence-electron chi connectivity index (χ3n) is 3.78. The first-order valence-corrected chi connectivity index (χ1v) is 5.58. The van der Waals surface area contributed by atoms with Gasteiger partial charge in [-0.15, -0.1) is 0 Å². The van der Waals surface area contributed by atoms with E-state index in [1.165, 1.54) is 7.11 Å². The Kier molecular flexibility index (Phi) is 2.55. The molecule has 0 aromatic heterocycles. The summed E-state index contributed by atoms with van der Waals surface area (Å²) in [6.45, 7) is 2.02. The third kappa shape index (κ3) is 1.41. The monoisotopic (exact) mass is 230 g/mol. The predicted molar refractivity (Wildman–Crippen MR) is 56.8 cm³/mol. The van der Waals surface area contributed by atoms with Crippen LogP contribution < -0.4 is 0 Å². The number of halogens is 1. The number of Topliss-reactive ketones (excluding diaryl/α,β-unsaturated/α-hetero) is 1. The Balaban J connectivity index is 2.51.